The molecule has 3 aliphatic rings. The van der Waals surface area contributed by atoms with Gasteiger partial charge in [0.25, 0.3) is 0 Å². The van der Waals surface area contributed by atoms with Crippen LogP contribution >= 0.6 is 11.6 Å². The molecule has 9 nitrogen and oxygen atoms in total. The summed E-state index contributed by atoms with van der Waals surface area (Å²) in [6, 6.07) is 2.13. The molecule has 0 aliphatic carbocycles. The maximum absolute atomic E-state index is 14.3. The number of aliphatic hydroxyl groups is 1. The number of alkyl halides is 1. The van der Waals surface area contributed by atoms with Gasteiger partial charge in [0, 0.05) is 38.1 Å². The lowest BCUT2D eigenvalue weighted by Crippen LogP contribution is -2.44. The van der Waals surface area contributed by atoms with Gasteiger partial charge in [0.05, 0.1) is 36.2 Å². The Bertz CT molecular complexity index is 1290. The summed E-state index contributed by atoms with van der Waals surface area (Å²) < 4.78 is 28.0. The number of halogens is 2. The lowest BCUT2D eigenvalue weighted by molar-refractivity contribution is -0.0123. The fraction of sp³-hybridized carbons (Fsp3) is 0.625. The topological polar surface area (TPSA) is 88.8 Å². The number of hydrogen-bond donors (Lipinski definition) is 1. The second-order valence-electron chi connectivity index (χ2n) is 10.4. The van der Waals surface area contributed by atoms with E-state index < -0.39 is 11.8 Å². The molecular weight excluding hydrogens is 475 g/mol. The van der Waals surface area contributed by atoms with Gasteiger partial charge < -0.3 is 24.0 Å². The van der Waals surface area contributed by atoms with Gasteiger partial charge in [-0.15, -0.1) is 0 Å². The first-order chi connectivity index (χ1) is 16.8. The van der Waals surface area contributed by atoms with Crippen molar-refractivity contribution in [3.8, 4) is 6.01 Å². The van der Waals surface area contributed by atoms with Gasteiger partial charge in [-0.05, 0) is 32.4 Å². The van der Waals surface area contributed by atoms with E-state index in [1.807, 2.05) is 22.6 Å². The number of aromatic nitrogens is 4. The molecule has 3 aliphatic heterocycles. The van der Waals surface area contributed by atoms with Crippen molar-refractivity contribution in [1.82, 2.24) is 24.4 Å². The number of fused-ring (bicyclic) bond motifs is 4. The highest BCUT2D eigenvalue weighted by Gasteiger charge is 2.49. The predicted molar refractivity (Wildman–Crippen MR) is 131 cm³/mol. The molecule has 1 unspecified atom stereocenters. The Morgan fingerprint density at radius 3 is 3.06 bits per heavy atom. The lowest BCUT2D eigenvalue weighted by Gasteiger charge is -2.31. The summed E-state index contributed by atoms with van der Waals surface area (Å²) >= 11 is 6.48. The van der Waals surface area contributed by atoms with Crippen LogP contribution in [0.3, 0.4) is 0 Å². The highest BCUT2D eigenvalue weighted by atomic mass is 35.5. The molecule has 0 saturated carbocycles. The molecule has 6 rings (SSSR count). The van der Waals surface area contributed by atoms with Crippen molar-refractivity contribution in [3.63, 3.8) is 0 Å². The van der Waals surface area contributed by atoms with Crippen molar-refractivity contribution in [2.75, 3.05) is 50.9 Å². The Balaban J connectivity index is 1.46. The minimum Gasteiger partial charge on any atom is -0.461 e. The van der Waals surface area contributed by atoms with Crippen LogP contribution in [0.5, 0.6) is 6.01 Å². The number of hydrogen-bond acceptors (Lipinski definition) is 8. The van der Waals surface area contributed by atoms with E-state index in [0.29, 0.717) is 55.9 Å². The van der Waals surface area contributed by atoms with Crippen molar-refractivity contribution in [2.45, 2.75) is 43.5 Å². The zero-order valence-electron chi connectivity index (χ0n) is 20.0. The van der Waals surface area contributed by atoms with Gasteiger partial charge in [-0.2, -0.15) is 9.97 Å². The smallest absolute Gasteiger partial charge is 0.320 e. The fourth-order valence-electron chi connectivity index (χ4n) is 6.08. The first-order valence-corrected chi connectivity index (χ1v) is 12.5. The molecule has 0 spiro atoms. The quantitative estimate of drug-likeness (QED) is 0.543. The van der Waals surface area contributed by atoms with Crippen molar-refractivity contribution in [2.24, 2.45) is 7.05 Å². The molecule has 3 fully saturated rings. The van der Waals surface area contributed by atoms with Gasteiger partial charge in [0.2, 0.25) is 0 Å². The highest BCUT2D eigenvalue weighted by Crippen LogP contribution is 2.41. The Hall–Kier alpha value is -2.27. The Morgan fingerprint density at radius 1 is 1.34 bits per heavy atom. The standard InChI is InChI=1S/C24H30ClFN6O3/c1-23(33)12-31(8-9-34-13-23)21-17-16-4-6-27-19(25)18(16)30(2)20(17)28-22(29-21)35-14-24-5-3-7-32(24)11-15(26)10-24/h4,6,15,33H,3,5,7-14H2,1-2H3/t15-,23?,24+/m1/s1. The summed E-state index contributed by atoms with van der Waals surface area (Å²) in [4.78, 5) is 18.1. The minimum absolute atomic E-state index is 0.232. The molecule has 0 amide bonds. The molecule has 0 radical (unpaired) electrons. The molecular formula is C24H30ClFN6O3. The third kappa shape index (κ3) is 3.91. The second-order valence-corrected chi connectivity index (χ2v) is 10.8. The predicted octanol–water partition coefficient (Wildman–Crippen LogP) is 2.71. The molecule has 1 N–H and O–H groups in total. The van der Waals surface area contributed by atoms with E-state index in [9.17, 15) is 9.50 Å². The minimum atomic E-state index is -1.04. The van der Waals surface area contributed by atoms with E-state index in [2.05, 4.69) is 9.88 Å². The van der Waals surface area contributed by atoms with Crippen molar-refractivity contribution >= 4 is 39.4 Å². The summed E-state index contributed by atoms with van der Waals surface area (Å²) in [5, 5.41) is 12.9. The fourth-order valence-corrected chi connectivity index (χ4v) is 6.37. The summed E-state index contributed by atoms with van der Waals surface area (Å²) in [5.41, 5.74) is 0.0769. The first-order valence-electron chi connectivity index (χ1n) is 12.1. The van der Waals surface area contributed by atoms with Crippen LogP contribution in [0.1, 0.15) is 26.2 Å². The van der Waals surface area contributed by atoms with E-state index in [0.717, 1.165) is 35.7 Å². The van der Waals surface area contributed by atoms with Crippen LogP contribution in [-0.2, 0) is 11.8 Å². The molecule has 11 heteroatoms. The molecule has 188 valence electrons. The summed E-state index contributed by atoms with van der Waals surface area (Å²) in [7, 11) is 1.89. The summed E-state index contributed by atoms with van der Waals surface area (Å²) in [5.74, 6) is 0.652. The highest BCUT2D eigenvalue weighted by molar-refractivity contribution is 6.35. The number of rotatable bonds is 4. The normalized spacial score (nSPS) is 29.7. The maximum atomic E-state index is 14.3. The third-order valence-electron chi connectivity index (χ3n) is 7.63. The summed E-state index contributed by atoms with van der Waals surface area (Å²) in [6.45, 7) is 5.06. The zero-order chi connectivity index (χ0) is 24.4. The SMILES string of the molecule is Cn1c2nc(OC[C@@]34CCCN3C[C@H](F)C4)nc(N3CCOCC(C)(O)C3)c2c2ccnc(Cl)c21. The second kappa shape index (κ2) is 8.40. The van der Waals surface area contributed by atoms with Crippen LogP contribution in [0, 0.1) is 0 Å². The number of anilines is 1. The zero-order valence-corrected chi connectivity index (χ0v) is 20.8. The molecule has 3 saturated heterocycles. The van der Waals surface area contributed by atoms with Gasteiger partial charge in [0.1, 0.15) is 29.8 Å². The Labute approximate surface area is 207 Å². The van der Waals surface area contributed by atoms with Gasteiger partial charge in [-0.1, -0.05) is 11.6 Å². The molecule has 3 aromatic heterocycles. The van der Waals surface area contributed by atoms with Gasteiger partial charge in [-0.25, -0.2) is 9.37 Å². The number of β-amino-alcohol motifs (C(OH)–C–C–N with tert-alkyl or cyclic N) is 1. The van der Waals surface area contributed by atoms with Crippen molar-refractivity contribution in [1.29, 1.82) is 0 Å². The molecule has 35 heavy (non-hydrogen) atoms. The lowest BCUT2D eigenvalue weighted by atomic mass is 9.95. The van der Waals surface area contributed by atoms with E-state index in [1.54, 1.807) is 13.1 Å². The Kier molecular flexibility index (Phi) is 5.55. The van der Waals surface area contributed by atoms with Crippen LogP contribution in [0.4, 0.5) is 10.2 Å². The molecule has 0 bridgehead atoms. The number of aryl methyl sites for hydroxylation is 1. The first kappa shape index (κ1) is 23.1. The maximum Gasteiger partial charge on any atom is 0.320 e. The van der Waals surface area contributed by atoms with Gasteiger partial charge in [-0.3, -0.25) is 4.90 Å². The third-order valence-corrected chi connectivity index (χ3v) is 7.91. The molecule has 0 aromatic carbocycles. The van der Waals surface area contributed by atoms with Crippen molar-refractivity contribution in [3.05, 3.63) is 17.4 Å². The van der Waals surface area contributed by atoms with Crippen LogP contribution in [0.25, 0.3) is 21.9 Å². The van der Waals surface area contributed by atoms with Gasteiger partial charge >= 0.3 is 6.01 Å². The van der Waals surface area contributed by atoms with Crippen LogP contribution < -0.4 is 9.64 Å². The van der Waals surface area contributed by atoms with E-state index in [1.165, 1.54) is 0 Å². The van der Waals surface area contributed by atoms with E-state index >= 15 is 0 Å². The number of nitrogens with zero attached hydrogens (tertiary/aromatic N) is 6. The molecule has 3 aromatic rings. The molecule has 3 atom stereocenters. The summed E-state index contributed by atoms with van der Waals surface area (Å²) in [6.07, 6.45) is 3.26. The van der Waals surface area contributed by atoms with Crippen molar-refractivity contribution < 1.29 is 19.0 Å². The average molecular weight is 505 g/mol. The monoisotopic (exact) mass is 504 g/mol. The number of ether oxygens (including phenoxy) is 2. The Morgan fingerprint density at radius 2 is 2.20 bits per heavy atom. The van der Waals surface area contributed by atoms with Crippen LogP contribution in [0.15, 0.2) is 12.3 Å². The van der Waals surface area contributed by atoms with Gasteiger partial charge in [0.15, 0.2) is 5.15 Å². The van der Waals surface area contributed by atoms with Crippen LogP contribution in [0.2, 0.25) is 5.15 Å². The number of pyridine rings is 1. The largest absolute Gasteiger partial charge is 0.461 e. The van der Waals surface area contributed by atoms with E-state index in [4.69, 9.17) is 31.0 Å². The molecule has 6 heterocycles. The van der Waals surface area contributed by atoms with Crippen LogP contribution in [-0.4, -0.2) is 92.8 Å². The van der Waals surface area contributed by atoms with E-state index in [-0.39, 0.29) is 18.2 Å². The average Bonchev–Trinajstić information content (AvgIpc) is 3.38.